The smallest absolute Gasteiger partial charge is 0.449 e. The van der Waals surface area contributed by atoms with Gasteiger partial charge in [-0.25, -0.2) is 0 Å². The van der Waals surface area contributed by atoms with Crippen LogP contribution in [-0.2, 0) is 16.8 Å². The van der Waals surface area contributed by atoms with Gasteiger partial charge in [0.1, 0.15) is 0 Å². The zero-order chi connectivity index (χ0) is 15.9. The van der Waals surface area contributed by atoms with Gasteiger partial charge < -0.3 is 22.9 Å². The van der Waals surface area contributed by atoms with Gasteiger partial charge in [0.05, 0.1) is 0 Å². The van der Waals surface area contributed by atoms with Crippen molar-refractivity contribution in [3.63, 3.8) is 0 Å². The summed E-state index contributed by atoms with van der Waals surface area (Å²) < 4.78 is 75.6. The molecule has 4 nitrogen and oxygen atoms in total. The van der Waals surface area contributed by atoms with Gasteiger partial charge in [0.25, 0.3) is 0 Å². The summed E-state index contributed by atoms with van der Waals surface area (Å²) in [4.78, 5) is 0. The second-order valence-electron chi connectivity index (χ2n) is 4.49. The van der Waals surface area contributed by atoms with Crippen LogP contribution in [0.5, 0.6) is 5.75 Å². The Hall–Kier alpha value is -1.45. The van der Waals surface area contributed by atoms with Crippen LogP contribution in [0.1, 0.15) is 22.3 Å². The molecule has 0 bridgehead atoms. The molecule has 0 radical (unpaired) electrons. The lowest BCUT2D eigenvalue weighted by atomic mass is 9.77. The second kappa shape index (κ2) is 5.15. The van der Waals surface area contributed by atoms with Crippen molar-refractivity contribution in [1.82, 2.24) is 0 Å². The quantitative estimate of drug-likeness (QED) is 0.401. The predicted molar refractivity (Wildman–Crippen MR) is 68.5 cm³/mol. The normalized spacial score (nSPS) is 12.6. The number of benzene rings is 1. The lowest BCUT2D eigenvalue weighted by Crippen LogP contribution is -2.22. The highest BCUT2D eigenvalue weighted by Crippen LogP contribution is 2.37. The van der Waals surface area contributed by atoms with Crippen molar-refractivity contribution in [1.29, 1.82) is 0 Å². The summed E-state index contributed by atoms with van der Waals surface area (Å²) in [5.74, 6) is -0.495. The first-order valence-electron chi connectivity index (χ1n) is 5.56. The van der Waals surface area contributed by atoms with E-state index in [0.29, 0.717) is 0 Å². The average molecular weight is 314 g/mol. The van der Waals surface area contributed by atoms with Crippen molar-refractivity contribution in [2.45, 2.75) is 27.1 Å². The summed E-state index contributed by atoms with van der Waals surface area (Å²) in [5.41, 5.74) is 5.56. The third kappa shape index (κ3) is 3.78. The Balaban J connectivity index is 3.55. The van der Waals surface area contributed by atoms with E-state index in [0.717, 1.165) is 0 Å². The van der Waals surface area contributed by atoms with Gasteiger partial charge in [0, 0.05) is 11.3 Å². The van der Waals surface area contributed by atoms with Gasteiger partial charge in [-0.15, -0.1) is 0 Å². The average Bonchev–Trinajstić information content (AvgIpc) is 2.25. The molecule has 10 heteroatoms. The summed E-state index contributed by atoms with van der Waals surface area (Å²) in [6.45, 7) is -1.18. The fourth-order valence-corrected chi connectivity index (χ4v) is 2.48. The van der Waals surface area contributed by atoms with E-state index in [9.17, 15) is 25.3 Å². The van der Waals surface area contributed by atoms with Crippen LogP contribution in [-0.4, -0.2) is 15.4 Å². The molecule has 1 aromatic carbocycles. The summed E-state index contributed by atoms with van der Waals surface area (Å²) >= 11 is 0. The first kappa shape index (κ1) is 16.6. The van der Waals surface area contributed by atoms with Crippen LogP contribution in [0.2, 0.25) is 0 Å². The molecule has 0 heterocycles. The van der Waals surface area contributed by atoms with E-state index >= 15 is 0 Å². The molecule has 2 N–H and O–H groups in total. The van der Waals surface area contributed by atoms with Crippen molar-refractivity contribution in [2.24, 2.45) is 0 Å². The predicted octanol–water partition coefficient (Wildman–Crippen LogP) is 2.72. The molecule has 0 aliphatic rings. The van der Waals surface area contributed by atoms with Crippen molar-refractivity contribution in [3.05, 3.63) is 22.3 Å². The Bertz CT molecular complexity index is 643. The third-order valence-electron chi connectivity index (χ3n) is 3.01. The van der Waals surface area contributed by atoms with Crippen molar-refractivity contribution >= 4 is 23.2 Å². The summed E-state index contributed by atoms with van der Waals surface area (Å²) in [6, 6.07) is 0. The number of nitrogens with two attached hydrogens (primary N) is 1. The minimum atomic E-state index is -5.34. The van der Waals surface area contributed by atoms with E-state index in [2.05, 4.69) is 4.18 Å². The molecular weight excluding hydrogens is 301 g/mol. The Kier molecular flexibility index (Phi) is 4.28. The van der Waals surface area contributed by atoms with E-state index in [1.165, 1.54) is 20.8 Å². The van der Waals surface area contributed by atoms with Gasteiger partial charge in [0.15, 0.2) is 5.75 Å². The molecule has 1 rings (SSSR count). The summed E-state index contributed by atoms with van der Waals surface area (Å²) in [7, 11) is -5.34. The van der Waals surface area contributed by atoms with E-state index < -0.39 is 29.6 Å². The highest BCUT2D eigenvalue weighted by molar-refractivity contribution is 7.81. The van der Waals surface area contributed by atoms with Crippen LogP contribution < -0.4 is 9.92 Å². The maximum atomic E-state index is 12.6. The number of hydrogen-bond donors (Lipinski definition) is 1. The van der Waals surface area contributed by atoms with E-state index in [1.807, 2.05) is 0 Å². The van der Waals surface area contributed by atoms with Gasteiger partial charge in [-0.3, -0.25) is 0 Å². The Morgan fingerprint density at radius 2 is 1.60 bits per heavy atom. The molecule has 114 valence electrons. The fraction of sp³-hybridized carbons (Fsp3) is 0.400. The Morgan fingerprint density at radius 1 is 1.10 bits per heavy atom. The second-order valence-corrected chi connectivity index (χ2v) is 5.44. The highest BCUT2D eigenvalue weighted by Gasteiger charge is 2.28. The first-order chi connectivity index (χ1) is 8.83. The van der Waals surface area contributed by atoms with Crippen LogP contribution >= 0.6 is 0 Å². The zero-order valence-corrected chi connectivity index (χ0v) is 11.8. The van der Waals surface area contributed by atoms with Gasteiger partial charge in [0.2, 0.25) is 0 Å². The maximum Gasteiger partial charge on any atom is 0.488 e. The highest BCUT2D eigenvalue weighted by atomic mass is 32.3. The third-order valence-corrected chi connectivity index (χ3v) is 3.38. The van der Waals surface area contributed by atoms with Gasteiger partial charge in [-0.1, -0.05) is 15.8 Å². The van der Waals surface area contributed by atoms with Crippen molar-refractivity contribution < 1.29 is 29.4 Å². The minimum Gasteiger partial charge on any atom is -0.449 e. The topological polar surface area (TPSA) is 69.4 Å². The molecule has 20 heavy (non-hydrogen) atoms. The molecule has 1 aromatic rings. The largest absolute Gasteiger partial charge is 0.488 e. The minimum absolute atomic E-state index is 0.0516. The number of nitrogen functional groups attached to an aromatic ring is 1. The lowest BCUT2D eigenvalue weighted by Gasteiger charge is -2.22. The van der Waals surface area contributed by atoms with Gasteiger partial charge in [-0.05, 0) is 31.9 Å². The fourth-order valence-electron chi connectivity index (χ4n) is 2.03. The Morgan fingerprint density at radius 3 is 2.00 bits per heavy atom. The van der Waals surface area contributed by atoms with Crippen molar-refractivity contribution in [3.8, 4) is 5.75 Å². The van der Waals surface area contributed by atoms with Crippen LogP contribution in [0.3, 0.4) is 0 Å². The zero-order valence-electron chi connectivity index (χ0n) is 11.0. The van der Waals surface area contributed by atoms with Crippen LogP contribution in [0.15, 0.2) is 0 Å². The molecule has 0 aromatic heterocycles. The molecule has 0 aliphatic carbocycles. The molecule has 0 unspecified atom stereocenters. The SMILES string of the molecule is Cc1c(N)c(C)c(OS(=O)(=O)F)c(C)c1C[B-](F)(F)F. The van der Waals surface area contributed by atoms with Crippen molar-refractivity contribution in [2.75, 3.05) is 5.73 Å². The molecule has 0 spiro atoms. The van der Waals surface area contributed by atoms with E-state index in [4.69, 9.17) is 5.73 Å². The first-order valence-corrected chi connectivity index (χ1v) is 6.87. The molecule has 0 saturated carbocycles. The van der Waals surface area contributed by atoms with E-state index in [-0.39, 0.29) is 27.9 Å². The molecule has 0 saturated heterocycles. The number of halogens is 4. The Labute approximate surface area is 114 Å². The maximum absolute atomic E-state index is 12.6. The van der Waals surface area contributed by atoms with Gasteiger partial charge in [-0.2, -0.15) is 8.42 Å². The molecule has 0 amide bonds. The molecule has 0 atom stereocenters. The number of anilines is 1. The van der Waals surface area contributed by atoms with Crippen LogP contribution in [0.25, 0.3) is 0 Å². The summed E-state index contributed by atoms with van der Waals surface area (Å²) in [5, 5.41) is 0. The summed E-state index contributed by atoms with van der Waals surface area (Å²) in [6.07, 6.45) is -1.25. The van der Waals surface area contributed by atoms with Crippen LogP contribution in [0.4, 0.5) is 22.5 Å². The standard InChI is InChI=1S/C10H13BF4NO3S/c1-5-8(4-11(12,13)14)6(2)10(7(3)9(5)16)19-20(15,17)18/h4,16H2,1-3H3/q-1. The monoisotopic (exact) mass is 314 g/mol. The molecule has 0 fully saturated rings. The number of hydrogen-bond acceptors (Lipinski definition) is 4. The lowest BCUT2D eigenvalue weighted by molar-refractivity contribution is 0.437. The molecule has 0 aliphatic heterocycles. The van der Waals surface area contributed by atoms with E-state index in [1.54, 1.807) is 0 Å². The van der Waals surface area contributed by atoms with Gasteiger partial charge >= 0.3 is 17.5 Å². The molecular formula is C10H13BF4NO3S-. The van der Waals surface area contributed by atoms with Crippen LogP contribution in [0, 0.1) is 20.8 Å². The number of rotatable bonds is 4.